The Morgan fingerprint density at radius 2 is 1.60 bits per heavy atom. The summed E-state index contributed by atoms with van der Waals surface area (Å²) in [5, 5.41) is 0. The highest BCUT2D eigenvalue weighted by Crippen LogP contribution is 2.37. The molecule has 0 atom stereocenters. The molecule has 0 bridgehead atoms. The average molecular weight is 279 g/mol. The summed E-state index contributed by atoms with van der Waals surface area (Å²) in [5.41, 5.74) is 6.26. The van der Waals surface area contributed by atoms with E-state index >= 15 is 0 Å². The molecule has 0 amide bonds. The van der Waals surface area contributed by atoms with Gasteiger partial charge in [-0.2, -0.15) is 0 Å². The van der Waals surface area contributed by atoms with Gasteiger partial charge >= 0.3 is 7.12 Å². The first-order valence-corrected chi connectivity index (χ1v) is 7.00. The highest BCUT2D eigenvalue weighted by Gasteiger charge is 2.52. The lowest BCUT2D eigenvalue weighted by molar-refractivity contribution is 0.00578. The van der Waals surface area contributed by atoms with Gasteiger partial charge in [0.2, 0.25) is 0 Å². The number of nitrogens with two attached hydrogens (primary N) is 1. The molecule has 0 saturated carbocycles. The Bertz CT molecular complexity index is 513. The maximum atomic E-state index is 14.3. The Morgan fingerprint density at radius 3 is 2.05 bits per heavy atom. The van der Waals surface area contributed by atoms with Gasteiger partial charge in [0.05, 0.1) is 16.9 Å². The zero-order chi connectivity index (χ0) is 15.3. The van der Waals surface area contributed by atoms with Crippen molar-refractivity contribution >= 4 is 18.3 Å². The standard InChI is InChI=1S/C15H23BFNO2/c1-9(2)12-10(7-8-11(18)13(12)17)16-19-14(3,4)15(5,6)20-16/h7-9H,18H2,1-6H3. The fourth-order valence-electron chi connectivity index (χ4n) is 2.39. The van der Waals surface area contributed by atoms with Crippen molar-refractivity contribution in [2.24, 2.45) is 0 Å². The minimum atomic E-state index is -0.563. The van der Waals surface area contributed by atoms with Crippen molar-refractivity contribution in [1.82, 2.24) is 0 Å². The molecule has 2 rings (SSSR count). The van der Waals surface area contributed by atoms with E-state index < -0.39 is 18.3 Å². The van der Waals surface area contributed by atoms with E-state index in [2.05, 4.69) is 0 Å². The molecule has 1 saturated heterocycles. The summed E-state index contributed by atoms with van der Waals surface area (Å²) in [4.78, 5) is 0. The molecule has 1 aromatic rings. The Balaban J connectivity index is 2.48. The molecule has 0 spiro atoms. The van der Waals surface area contributed by atoms with Crippen LogP contribution in [-0.2, 0) is 9.31 Å². The van der Waals surface area contributed by atoms with Crippen molar-refractivity contribution in [2.45, 2.75) is 58.7 Å². The van der Waals surface area contributed by atoms with Crippen LogP contribution in [0.4, 0.5) is 10.1 Å². The largest absolute Gasteiger partial charge is 0.495 e. The van der Waals surface area contributed by atoms with Crippen LogP contribution in [0, 0.1) is 5.82 Å². The van der Waals surface area contributed by atoms with Crippen LogP contribution in [0.15, 0.2) is 12.1 Å². The van der Waals surface area contributed by atoms with E-state index in [4.69, 9.17) is 15.0 Å². The van der Waals surface area contributed by atoms with Gasteiger partial charge in [-0.05, 0) is 50.7 Å². The third kappa shape index (κ3) is 2.33. The second kappa shape index (κ2) is 4.74. The molecule has 0 aromatic heterocycles. The van der Waals surface area contributed by atoms with Gasteiger partial charge in [0.1, 0.15) is 5.82 Å². The maximum absolute atomic E-state index is 14.3. The second-order valence-electron chi connectivity index (χ2n) is 6.71. The van der Waals surface area contributed by atoms with Gasteiger partial charge in [0.15, 0.2) is 0 Å². The van der Waals surface area contributed by atoms with Crippen molar-refractivity contribution in [2.75, 3.05) is 5.73 Å². The summed E-state index contributed by atoms with van der Waals surface area (Å²) in [6, 6.07) is 3.37. The number of rotatable bonds is 2. The Hall–Kier alpha value is -1.07. The third-order valence-electron chi connectivity index (χ3n) is 4.33. The van der Waals surface area contributed by atoms with Crippen molar-refractivity contribution in [3.05, 3.63) is 23.5 Å². The van der Waals surface area contributed by atoms with Crippen molar-refractivity contribution in [3.8, 4) is 0 Å². The monoisotopic (exact) mass is 279 g/mol. The predicted octanol–water partition coefficient (Wildman–Crippen LogP) is 2.83. The summed E-state index contributed by atoms with van der Waals surface area (Å²) in [6.07, 6.45) is 0. The van der Waals surface area contributed by atoms with Crippen LogP contribution in [0.2, 0.25) is 0 Å². The van der Waals surface area contributed by atoms with Crippen LogP contribution in [0.25, 0.3) is 0 Å². The van der Waals surface area contributed by atoms with Gasteiger partial charge in [-0.15, -0.1) is 0 Å². The lowest BCUT2D eigenvalue weighted by Crippen LogP contribution is -2.41. The van der Waals surface area contributed by atoms with E-state index in [1.807, 2.05) is 41.5 Å². The minimum absolute atomic E-state index is 0.00697. The quantitative estimate of drug-likeness (QED) is 0.668. The predicted molar refractivity (Wildman–Crippen MR) is 80.6 cm³/mol. The van der Waals surface area contributed by atoms with E-state index in [1.54, 1.807) is 12.1 Å². The number of hydrogen-bond acceptors (Lipinski definition) is 3. The number of hydrogen-bond donors (Lipinski definition) is 1. The lowest BCUT2D eigenvalue weighted by atomic mass is 9.73. The van der Waals surface area contributed by atoms with Crippen LogP contribution in [0.3, 0.4) is 0 Å². The topological polar surface area (TPSA) is 44.5 Å². The Kier molecular flexibility index (Phi) is 3.63. The maximum Gasteiger partial charge on any atom is 0.495 e. The number of nitrogen functional groups attached to an aromatic ring is 1. The summed E-state index contributed by atoms with van der Waals surface area (Å²) in [5.74, 6) is -0.361. The van der Waals surface area contributed by atoms with Crippen molar-refractivity contribution < 1.29 is 13.7 Å². The molecule has 0 radical (unpaired) electrons. The molecular formula is C15H23BFNO2. The summed E-state index contributed by atoms with van der Waals surface area (Å²) < 4.78 is 26.3. The van der Waals surface area contributed by atoms with Crippen LogP contribution in [0.1, 0.15) is 53.0 Å². The smallest absolute Gasteiger partial charge is 0.399 e. The van der Waals surface area contributed by atoms with E-state index in [0.29, 0.717) is 5.56 Å². The molecule has 20 heavy (non-hydrogen) atoms. The zero-order valence-corrected chi connectivity index (χ0v) is 13.1. The third-order valence-corrected chi connectivity index (χ3v) is 4.33. The van der Waals surface area contributed by atoms with E-state index in [9.17, 15) is 4.39 Å². The molecule has 0 aliphatic carbocycles. The fourth-order valence-corrected chi connectivity index (χ4v) is 2.39. The molecule has 0 unspecified atom stereocenters. The van der Waals surface area contributed by atoms with Gasteiger partial charge in [-0.3, -0.25) is 0 Å². The highest BCUT2D eigenvalue weighted by atomic mass is 19.1. The van der Waals surface area contributed by atoms with E-state index in [0.717, 1.165) is 5.46 Å². The van der Waals surface area contributed by atoms with Gasteiger partial charge in [-0.25, -0.2) is 4.39 Å². The number of halogens is 1. The van der Waals surface area contributed by atoms with Crippen LogP contribution in [-0.4, -0.2) is 18.3 Å². The lowest BCUT2D eigenvalue weighted by Gasteiger charge is -2.32. The van der Waals surface area contributed by atoms with Crippen LogP contribution >= 0.6 is 0 Å². The molecule has 1 aliphatic rings. The number of benzene rings is 1. The highest BCUT2D eigenvalue weighted by molar-refractivity contribution is 6.62. The zero-order valence-electron chi connectivity index (χ0n) is 13.1. The molecule has 1 heterocycles. The van der Waals surface area contributed by atoms with E-state index in [-0.39, 0.29) is 17.4 Å². The van der Waals surface area contributed by atoms with Crippen LogP contribution in [0.5, 0.6) is 0 Å². The molecular weight excluding hydrogens is 256 g/mol. The van der Waals surface area contributed by atoms with Crippen molar-refractivity contribution in [1.29, 1.82) is 0 Å². The van der Waals surface area contributed by atoms with Gasteiger partial charge in [-0.1, -0.05) is 19.9 Å². The minimum Gasteiger partial charge on any atom is -0.399 e. The molecule has 5 heteroatoms. The Morgan fingerprint density at radius 1 is 1.10 bits per heavy atom. The molecule has 3 nitrogen and oxygen atoms in total. The summed E-state index contributed by atoms with van der Waals surface area (Å²) in [6.45, 7) is 11.8. The molecule has 2 N–H and O–H groups in total. The first-order chi connectivity index (χ1) is 9.07. The van der Waals surface area contributed by atoms with Crippen LogP contribution < -0.4 is 11.2 Å². The summed E-state index contributed by atoms with van der Waals surface area (Å²) >= 11 is 0. The van der Waals surface area contributed by atoms with Gasteiger partial charge in [0, 0.05) is 0 Å². The Labute approximate surface area is 120 Å². The van der Waals surface area contributed by atoms with Gasteiger partial charge in [0.25, 0.3) is 0 Å². The molecule has 110 valence electrons. The molecule has 1 fully saturated rings. The summed E-state index contributed by atoms with van der Waals surface area (Å²) in [7, 11) is -0.563. The first kappa shape index (κ1) is 15.3. The molecule has 1 aliphatic heterocycles. The van der Waals surface area contributed by atoms with E-state index in [1.165, 1.54) is 0 Å². The SMILES string of the molecule is CC(C)c1c(B2OC(C)(C)C(C)(C)O2)ccc(N)c1F. The average Bonchev–Trinajstić information content (AvgIpc) is 2.51. The van der Waals surface area contributed by atoms with Gasteiger partial charge < -0.3 is 15.0 Å². The molecule has 1 aromatic carbocycles. The fraction of sp³-hybridized carbons (Fsp3) is 0.600. The normalized spacial score (nSPS) is 20.7. The second-order valence-corrected chi connectivity index (χ2v) is 6.71. The number of anilines is 1. The first-order valence-electron chi connectivity index (χ1n) is 7.00. The van der Waals surface area contributed by atoms with Crippen molar-refractivity contribution in [3.63, 3.8) is 0 Å².